The molecular weight excluding hydrogens is 373 g/mol. The van der Waals surface area contributed by atoms with E-state index in [0.29, 0.717) is 12.2 Å². The van der Waals surface area contributed by atoms with Gasteiger partial charge in [0.2, 0.25) is 0 Å². The van der Waals surface area contributed by atoms with Crippen LogP contribution in [0.5, 0.6) is 0 Å². The maximum atomic E-state index is 13.6. The molecule has 0 fully saturated rings. The Labute approximate surface area is 169 Å². The Hall–Kier alpha value is -3.66. The van der Waals surface area contributed by atoms with Crippen LogP contribution in [0.2, 0.25) is 0 Å². The van der Waals surface area contributed by atoms with Crippen molar-refractivity contribution >= 4 is 17.6 Å². The summed E-state index contributed by atoms with van der Waals surface area (Å²) < 4.78 is 18.8. The van der Waals surface area contributed by atoms with E-state index in [1.165, 1.54) is 18.3 Å². The zero-order valence-corrected chi connectivity index (χ0v) is 16.1. The predicted molar refractivity (Wildman–Crippen MR) is 107 cm³/mol. The summed E-state index contributed by atoms with van der Waals surface area (Å²) in [5.41, 5.74) is 0.639. The largest absolute Gasteiger partial charge is 0.462 e. The smallest absolute Gasteiger partial charge is 0.340 e. The number of rotatable bonds is 9. The number of para-hydroxylation sites is 1. The van der Waals surface area contributed by atoms with E-state index >= 15 is 0 Å². The van der Waals surface area contributed by atoms with Gasteiger partial charge in [-0.1, -0.05) is 43.7 Å². The molecule has 6 nitrogen and oxygen atoms in total. The second-order valence-corrected chi connectivity index (χ2v) is 6.13. The Balaban J connectivity index is 2.05. The summed E-state index contributed by atoms with van der Waals surface area (Å²) >= 11 is 0. The quantitative estimate of drug-likeness (QED) is 0.291. The van der Waals surface area contributed by atoms with Gasteiger partial charge in [0, 0.05) is 18.3 Å². The average Bonchev–Trinajstić information content (AvgIpc) is 2.73. The number of nitrogens with one attached hydrogen (secondary N) is 2. The zero-order valence-electron chi connectivity index (χ0n) is 16.1. The van der Waals surface area contributed by atoms with Gasteiger partial charge in [0.1, 0.15) is 17.5 Å². The highest BCUT2D eigenvalue weighted by Gasteiger charge is 2.16. The molecule has 1 amide bonds. The highest BCUT2D eigenvalue weighted by Crippen LogP contribution is 2.17. The molecular formula is C22H22FN3O3. The van der Waals surface area contributed by atoms with Crippen molar-refractivity contribution in [2.24, 2.45) is 0 Å². The number of carbonyl (C=O) groups is 2. The second-order valence-electron chi connectivity index (χ2n) is 6.13. The molecule has 2 aromatic rings. The number of anilines is 1. The van der Waals surface area contributed by atoms with Crippen LogP contribution in [0.3, 0.4) is 0 Å². The molecule has 0 saturated carbocycles. The molecule has 0 unspecified atom stereocenters. The molecule has 0 bridgehead atoms. The van der Waals surface area contributed by atoms with Crippen LogP contribution < -0.4 is 10.6 Å². The van der Waals surface area contributed by atoms with E-state index in [9.17, 15) is 19.2 Å². The van der Waals surface area contributed by atoms with Crippen molar-refractivity contribution < 1.29 is 18.7 Å². The third kappa shape index (κ3) is 6.47. The Kier molecular flexibility index (Phi) is 8.39. The van der Waals surface area contributed by atoms with Gasteiger partial charge in [-0.2, -0.15) is 5.26 Å². The summed E-state index contributed by atoms with van der Waals surface area (Å²) in [7, 11) is 0. The molecule has 2 rings (SSSR count). The number of esters is 1. The maximum absolute atomic E-state index is 13.6. The number of nitrogens with zero attached hydrogens (tertiary/aromatic N) is 1. The first-order valence-corrected chi connectivity index (χ1v) is 9.21. The number of benzene rings is 2. The first-order valence-electron chi connectivity index (χ1n) is 9.21. The highest BCUT2D eigenvalue weighted by atomic mass is 19.1. The van der Waals surface area contributed by atoms with E-state index in [1.54, 1.807) is 42.5 Å². The molecule has 0 spiro atoms. The molecule has 0 radical (unpaired) electrons. The standard InChI is InChI=1S/C22H22FN3O3/c1-2-3-12-29-22(28)18-9-5-7-11-20(18)26-21(27)17(13-24)15-25-14-16-8-4-6-10-19(16)23/h4-11,15,25H,2-3,12,14H2,1H3,(H,26,27)/b17-15-. The lowest BCUT2D eigenvalue weighted by Crippen LogP contribution is -2.19. The van der Waals surface area contributed by atoms with Gasteiger partial charge in [0.05, 0.1) is 17.9 Å². The molecule has 0 aromatic heterocycles. The topological polar surface area (TPSA) is 91.2 Å². The average molecular weight is 395 g/mol. The lowest BCUT2D eigenvalue weighted by Gasteiger charge is -2.10. The summed E-state index contributed by atoms with van der Waals surface area (Å²) in [5, 5.41) is 14.6. The van der Waals surface area contributed by atoms with Crippen LogP contribution in [-0.4, -0.2) is 18.5 Å². The Bertz CT molecular complexity index is 935. The molecule has 0 atom stereocenters. The van der Waals surface area contributed by atoms with E-state index in [1.807, 2.05) is 6.92 Å². The lowest BCUT2D eigenvalue weighted by molar-refractivity contribution is -0.112. The second kappa shape index (κ2) is 11.2. The molecule has 2 aromatic carbocycles. The number of halogens is 1. The van der Waals surface area contributed by atoms with E-state index in [2.05, 4.69) is 10.6 Å². The first-order chi connectivity index (χ1) is 14.1. The third-order valence-corrected chi connectivity index (χ3v) is 3.99. The Morgan fingerprint density at radius 3 is 2.62 bits per heavy atom. The maximum Gasteiger partial charge on any atom is 0.340 e. The highest BCUT2D eigenvalue weighted by molar-refractivity contribution is 6.09. The summed E-state index contributed by atoms with van der Waals surface area (Å²) in [6, 6.07) is 14.4. The van der Waals surface area contributed by atoms with E-state index in [-0.39, 0.29) is 29.2 Å². The minimum absolute atomic E-state index is 0.117. The van der Waals surface area contributed by atoms with Gasteiger partial charge in [0.25, 0.3) is 5.91 Å². The minimum Gasteiger partial charge on any atom is -0.462 e. The number of amides is 1. The molecule has 0 aliphatic carbocycles. The van der Waals surface area contributed by atoms with Crippen LogP contribution >= 0.6 is 0 Å². The van der Waals surface area contributed by atoms with Gasteiger partial charge < -0.3 is 15.4 Å². The number of nitriles is 1. The molecule has 2 N–H and O–H groups in total. The van der Waals surface area contributed by atoms with Crippen molar-refractivity contribution in [1.82, 2.24) is 5.32 Å². The molecule has 0 aliphatic rings. The van der Waals surface area contributed by atoms with Crippen molar-refractivity contribution in [3.05, 3.63) is 77.2 Å². The van der Waals surface area contributed by atoms with Crippen molar-refractivity contribution in [3.8, 4) is 6.07 Å². The molecule has 0 saturated heterocycles. The monoisotopic (exact) mass is 395 g/mol. The van der Waals surface area contributed by atoms with Crippen LogP contribution in [0.25, 0.3) is 0 Å². The lowest BCUT2D eigenvalue weighted by atomic mass is 10.1. The van der Waals surface area contributed by atoms with Gasteiger partial charge in [-0.15, -0.1) is 0 Å². The number of hydrogen-bond acceptors (Lipinski definition) is 5. The normalized spacial score (nSPS) is 10.7. The molecule has 0 heterocycles. The van der Waals surface area contributed by atoms with Crippen molar-refractivity contribution in [2.45, 2.75) is 26.3 Å². The van der Waals surface area contributed by atoms with Gasteiger partial charge in [-0.05, 0) is 24.6 Å². The van der Waals surface area contributed by atoms with E-state index in [0.717, 1.165) is 12.8 Å². The fourth-order valence-corrected chi connectivity index (χ4v) is 2.40. The minimum atomic E-state index is -0.692. The van der Waals surface area contributed by atoms with Gasteiger partial charge in [-0.3, -0.25) is 4.79 Å². The van der Waals surface area contributed by atoms with Crippen LogP contribution in [0.1, 0.15) is 35.7 Å². The van der Waals surface area contributed by atoms with Crippen LogP contribution in [0.15, 0.2) is 60.3 Å². The van der Waals surface area contributed by atoms with Crippen LogP contribution in [0, 0.1) is 17.1 Å². The van der Waals surface area contributed by atoms with Crippen LogP contribution in [-0.2, 0) is 16.1 Å². The zero-order chi connectivity index (χ0) is 21.1. The molecule has 150 valence electrons. The number of hydrogen-bond donors (Lipinski definition) is 2. The fourth-order valence-electron chi connectivity index (χ4n) is 2.40. The SMILES string of the molecule is CCCCOC(=O)c1ccccc1NC(=O)/C(C#N)=C\NCc1ccccc1F. The Morgan fingerprint density at radius 2 is 1.90 bits per heavy atom. The van der Waals surface area contributed by atoms with E-state index in [4.69, 9.17) is 4.74 Å². The summed E-state index contributed by atoms with van der Waals surface area (Å²) in [6.45, 7) is 2.39. The van der Waals surface area contributed by atoms with Crippen molar-refractivity contribution in [2.75, 3.05) is 11.9 Å². The number of unbranched alkanes of at least 4 members (excludes halogenated alkanes) is 1. The van der Waals surface area contributed by atoms with Gasteiger partial charge in [0.15, 0.2) is 0 Å². The molecule has 7 heteroatoms. The molecule has 29 heavy (non-hydrogen) atoms. The van der Waals surface area contributed by atoms with E-state index < -0.39 is 11.9 Å². The van der Waals surface area contributed by atoms with Crippen molar-refractivity contribution in [3.63, 3.8) is 0 Å². The van der Waals surface area contributed by atoms with Crippen LogP contribution in [0.4, 0.5) is 10.1 Å². The number of carbonyl (C=O) groups excluding carboxylic acids is 2. The summed E-state index contributed by atoms with van der Waals surface area (Å²) in [5.74, 6) is -1.62. The third-order valence-electron chi connectivity index (χ3n) is 3.99. The summed E-state index contributed by atoms with van der Waals surface area (Å²) in [6.07, 6.45) is 2.85. The Morgan fingerprint density at radius 1 is 1.17 bits per heavy atom. The molecule has 0 aliphatic heterocycles. The number of ether oxygens (including phenoxy) is 1. The summed E-state index contributed by atoms with van der Waals surface area (Å²) in [4.78, 5) is 24.6. The van der Waals surface area contributed by atoms with Gasteiger partial charge >= 0.3 is 5.97 Å². The fraction of sp³-hybridized carbons (Fsp3) is 0.227. The van der Waals surface area contributed by atoms with Gasteiger partial charge in [-0.25, -0.2) is 9.18 Å². The first kappa shape index (κ1) is 21.6. The predicted octanol–water partition coefficient (Wildman–Crippen LogP) is 3.92. The van der Waals surface area contributed by atoms with Crippen molar-refractivity contribution in [1.29, 1.82) is 5.26 Å².